The van der Waals surface area contributed by atoms with Gasteiger partial charge in [0, 0.05) is 21.4 Å². The lowest BCUT2D eigenvalue weighted by Gasteiger charge is -2.14. The van der Waals surface area contributed by atoms with E-state index in [4.69, 9.17) is 23.2 Å². The summed E-state index contributed by atoms with van der Waals surface area (Å²) in [5.74, 6) is 1.75. The summed E-state index contributed by atoms with van der Waals surface area (Å²) < 4.78 is 0. The quantitative estimate of drug-likeness (QED) is 0.416. The predicted molar refractivity (Wildman–Crippen MR) is 101 cm³/mol. The monoisotopic (exact) mass is 352 g/mol. The van der Waals surface area contributed by atoms with Crippen LogP contribution < -0.4 is 10.6 Å². The third-order valence-electron chi connectivity index (χ3n) is 2.92. The minimum absolute atomic E-state index is 0.697. The molecule has 0 saturated carbocycles. The van der Waals surface area contributed by atoms with Gasteiger partial charge in [0.15, 0.2) is 0 Å². The van der Waals surface area contributed by atoms with E-state index in [0.717, 1.165) is 35.8 Å². The molecule has 2 nitrogen and oxygen atoms in total. The Morgan fingerprint density at radius 2 is 1.50 bits per heavy atom. The number of nitrogens with one attached hydrogen (secondary N) is 2. The Kier molecular flexibility index (Phi) is 6.97. The SMILES string of the molecule is SCCCC=C(Nc1cccc(Cl)c1)Nc1cccc(Cl)c1. The van der Waals surface area contributed by atoms with Crippen molar-refractivity contribution in [3.05, 3.63) is 70.5 Å². The first kappa shape index (κ1) is 17.1. The van der Waals surface area contributed by atoms with Crippen LogP contribution in [0.25, 0.3) is 0 Å². The van der Waals surface area contributed by atoms with Gasteiger partial charge < -0.3 is 10.6 Å². The number of thiol groups is 1. The summed E-state index contributed by atoms with van der Waals surface area (Å²) >= 11 is 16.3. The summed E-state index contributed by atoms with van der Waals surface area (Å²) in [7, 11) is 0. The summed E-state index contributed by atoms with van der Waals surface area (Å²) in [6.07, 6.45) is 4.05. The van der Waals surface area contributed by atoms with E-state index in [2.05, 4.69) is 29.3 Å². The highest BCUT2D eigenvalue weighted by molar-refractivity contribution is 7.80. The number of halogens is 2. The highest BCUT2D eigenvalue weighted by atomic mass is 35.5. The molecule has 0 aliphatic carbocycles. The van der Waals surface area contributed by atoms with Gasteiger partial charge in [-0.15, -0.1) is 0 Å². The van der Waals surface area contributed by atoms with E-state index >= 15 is 0 Å². The summed E-state index contributed by atoms with van der Waals surface area (Å²) in [5.41, 5.74) is 1.86. The van der Waals surface area contributed by atoms with Gasteiger partial charge in [-0.3, -0.25) is 0 Å². The molecule has 0 bridgehead atoms. The van der Waals surface area contributed by atoms with E-state index in [9.17, 15) is 0 Å². The molecule has 2 rings (SSSR count). The van der Waals surface area contributed by atoms with E-state index in [0.29, 0.717) is 10.0 Å². The molecule has 5 heteroatoms. The van der Waals surface area contributed by atoms with Crippen molar-refractivity contribution in [2.45, 2.75) is 12.8 Å². The predicted octanol–water partition coefficient (Wildman–Crippen LogP) is 6.07. The molecule has 22 heavy (non-hydrogen) atoms. The van der Waals surface area contributed by atoms with Gasteiger partial charge >= 0.3 is 0 Å². The van der Waals surface area contributed by atoms with Crippen molar-refractivity contribution < 1.29 is 0 Å². The fourth-order valence-electron chi connectivity index (χ4n) is 1.91. The lowest BCUT2D eigenvalue weighted by Crippen LogP contribution is -2.09. The van der Waals surface area contributed by atoms with Crippen molar-refractivity contribution >= 4 is 47.2 Å². The Hall–Kier alpha value is -1.29. The standard InChI is InChI=1S/C17H18Cl2N2S/c18-13-5-3-7-15(11-13)20-17(9-1-2-10-22)21-16-8-4-6-14(19)12-16/h3-9,11-12,20-22H,1-2,10H2. The maximum absolute atomic E-state index is 6.03. The Morgan fingerprint density at radius 3 is 1.95 bits per heavy atom. The van der Waals surface area contributed by atoms with Gasteiger partial charge in [0.05, 0.1) is 0 Å². The Balaban J connectivity index is 2.13. The summed E-state index contributed by atoms with van der Waals surface area (Å²) in [6, 6.07) is 15.2. The second-order valence-corrected chi connectivity index (χ2v) is 6.07. The Morgan fingerprint density at radius 1 is 0.955 bits per heavy atom. The number of rotatable bonds is 7. The molecule has 0 amide bonds. The van der Waals surface area contributed by atoms with E-state index in [1.165, 1.54) is 0 Å². The average Bonchev–Trinajstić information content (AvgIpc) is 2.47. The van der Waals surface area contributed by atoms with Gasteiger partial charge in [0.1, 0.15) is 5.82 Å². The molecule has 0 aliphatic rings. The van der Waals surface area contributed by atoms with Crippen molar-refractivity contribution in [3.63, 3.8) is 0 Å². The first-order chi connectivity index (χ1) is 10.7. The van der Waals surface area contributed by atoms with Crippen LogP contribution in [0.4, 0.5) is 11.4 Å². The van der Waals surface area contributed by atoms with Crippen LogP contribution in [0.5, 0.6) is 0 Å². The maximum Gasteiger partial charge on any atom is 0.103 e. The summed E-state index contributed by atoms with van der Waals surface area (Å²) in [5, 5.41) is 8.08. The van der Waals surface area contributed by atoms with Crippen LogP contribution >= 0.6 is 35.8 Å². The third kappa shape index (κ3) is 5.84. The van der Waals surface area contributed by atoms with Crippen molar-refractivity contribution in [1.82, 2.24) is 0 Å². The molecule has 0 radical (unpaired) electrons. The molecule has 0 atom stereocenters. The smallest absolute Gasteiger partial charge is 0.103 e. The molecule has 0 fully saturated rings. The average molecular weight is 353 g/mol. The number of unbranched alkanes of at least 4 members (excludes halogenated alkanes) is 1. The van der Waals surface area contributed by atoms with Crippen molar-refractivity contribution in [1.29, 1.82) is 0 Å². The number of anilines is 2. The molecule has 2 aromatic carbocycles. The zero-order valence-electron chi connectivity index (χ0n) is 12.0. The first-order valence-electron chi connectivity index (χ1n) is 7.03. The molecular weight excluding hydrogens is 335 g/mol. The number of allylic oxidation sites excluding steroid dienone is 1. The second kappa shape index (κ2) is 8.99. The molecule has 0 saturated heterocycles. The largest absolute Gasteiger partial charge is 0.342 e. The molecule has 0 heterocycles. The third-order valence-corrected chi connectivity index (χ3v) is 3.70. The van der Waals surface area contributed by atoms with Gasteiger partial charge in [0.2, 0.25) is 0 Å². The van der Waals surface area contributed by atoms with Crippen LogP contribution in [0, 0.1) is 0 Å². The van der Waals surface area contributed by atoms with Crippen molar-refractivity contribution in [2.24, 2.45) is 0 Å². The normalized spacial score (nSPS) is 10.1. The number of benzene rings is 2. The van der Waals surface area contributed by atoms with Crippen LogP contribution in [0.3, 0.4) is 0 Å². The molecule has 116 valence electrons. The zero-order valence-corrected chi connectivity index (χ0v) is 14.4. The van der Waals surface area contributed by atoms with Gasteiger partial charge in [-0.1, -0.05) is 35.3 Å². The van der Waals surface area contributed by atoms with Crippen LogP contribution in [-0.4, -0.2) is 5.75 Å². The van der Waals surface area contributed by atoms with E-state index in [-0.39, 0.29) is 0 Å². The van der Waals surface area contributed by atoms with Gasteiger partial charge in [-0.05, 0) is 61.1 Å². The molecule has 0 aromatic heterocycles. The zero-order chi connectivity index (χ0) is 15.8. The van der Waals surface area contributed by atoms with Gasteiger partial charge in [-0.25, -0.2) is 0 Å². The van der Waals surface area contributed by atoms with Crippen LogP contribution in [-0.2, 0) is 0 Å². The van der Waals surface area contributed by atoms with Crippen molar-refractivity contribution in [3.8, 4) is 0 Å². The maximum atomic E-state index is 6.03. The topological polar surface area (TPSA) is 24.1 Å². The Labute approximate surface area is 146 Å². The molecular formula is C17H18Cl2N2S. The van der Waals surface area contributed by atoms with Crippen LogP contribution in [0.15, 0.2) is 60.4 Å². The molecule has 0 unspecified atom stereocenters. The fraction of sp³-hybridized carbons (Fsp3) is 0.176. The Bertz CT molecular complexity index is 595. The van der Waals surface area contributed by atoms with E-state index < -0.39 is 0 Å². The summed E-state index contributed by atoms with van der Waals surface area (Å²) in [4.78, 5) is 0. The van der Waals surface area contributed by atoms with E-state index in [1.807, 2.05) is 48.5 Å². The first-order valence-corrected chi connectivity index (χ1v) is 8.42. The van der Waals surface area contributed by atoms with Gasteiger partial charge in [0.25, 0.3) is 0 Å². The molecule has 2 N–H and O–H groups in total. The van der Waals surface area contributed by atoms with E-state index in [1.54, 1.807) is 0 Å². The molecule has 2 aromatic rings. The molecule has 0 spiro atoms. The number of hydrogen-bond acceptors (Lipinski definition) is 3. The van der Waals surface area contributed by atoms with Crippen molar-refractivity contribution in [2.75, 3.05) is 16.4 Å². The van der Waals surface area contributed by atoms with Crippen LogP contribution in [0.1, 0.15) is 12.8 Å². The van der Waals surface area contributed by atoms with Crippen LogP contribution in [0.2, 0.25) is 10.0 Å². The second-order valence-electron chi connectivity index (χ2n) is 4.75. The summed E-state index contributed by atoms with van der Waals surface area (Å²) in [6.45, 7) is 0. The minimum atomic E-state index is 0.697. The highest BCUT2D eigenvalue weighted by Crippen LogP contribution is 2.20. The number of hydrogen-bond donors (Lipinski definition) is 3. The lowest BCUT2D eigenvalue weighted by atomic mass is 10.2. The minimum Gasteiger partial charge on any atom is -0.342 e. The van der Waals surface area contributed by atoms with Gasteiger partial charge in [-0.2, -0.15) is 12.6 Å². The lowest BCUT2D eigenvalue weighted by molar-refractivity contribution is 0.965. The molecule has 0 aliphatic heterocycles. The fourth-order valence-corrected chi connectivity index (χ4v) is 2.48. The highest BCUT2D eigenvalue weighted by Gasteiger charge is 2.01.